The van der Waals surface area contributed by atoms with E-state index in [1.54, 1.807) is 52.8 Å². The highest BCUT2D eigenvalue weighted by atomic mass is 32.2. The number of rotatable bonds is 67. The lowest BCUT2D eigenvalue weighted by Gasteiger charge is -2.28. The van der Waals surface area contributed by atoms with E-state index in [1.165, 1.54) is 49.1 Å². The topological polar surface area (TPSA) is 377 Å². The molecule has 0 saturated carbocycles. The molecule has 4 aromatic rings. The van der Waals surface area contributed by atoms with Crippen LogP contribution in [0.25, 0.3) is 22.5 Å². The molecular weight excluding hydrogens is 1550 g/mol. The monoisotopic (exact) mass is 1700 g/mol. The van der Waals surface area contributed by atoms with Crippen molar-refractivity contribution in [2.75, 3.05) is 123 Å². The quantitative estimate of drug-likeness (QED) is 0.0136. The Morgan fingerprint density at radius 3 is 1.75 bits per heavy atom. The molecule has 674 valence electrons. The average Bonchev–Trinajstić information content (AvgIpc) is 1.46. The van der Waals surface area contributed by atoms with E-state index in [9.17, 15) is 33.6 Å². The number of anilines is 1. The van der Waals surface area contributed by atoms with Crippen molar-refractivity contribution in [1.29, 1.82) is 21.6 Å². The summed E-state index contributed by atoms with van der Waals surface area (Å²) in [5.41, 5.74) is 7.66. The van der Waals surface area contributed by atoms with Crippen molar-refractivity contribution in [3.8, 4) is 22.5 Å². The van der Waals surface area contributed by atoms with E-state index in [2.05, 4.69) is 43.8 Å². The molecule has 1 saturated heterocycles. The molecule has 4 heterocycles. The second-order valence-electron chi connectivity index (χ2n) is 29.8. The highest BCUT2D eigenvalue weighted by molar-refractivity contribution is 8.00. The minimum atomic E-state index is -0.0561. The molecule has 2 unspecified atom stereocenters. The molecule has 0 radical (unpaired) electrons. The molecule has 3 amide bonds. The average molecular weight is 1700 g/mol. The van der Waals surface area contributed by atoms with Crippen molar-refractivity contribution in [3.63, 3.8) is 0 Å². The van der Waals surface area contributed by atoms with Crippen molar-refractivity contribution in [3.05, 3.63) is 71.5 Å². The summed E-state index contributed by atoms with van der Waals surface area (Å²) in [4.78, 5) is 87.8. The predicted molar refractivity (Wildman–Crippen MR) is 481 cm³/mol. The van der Waals surface area contributed by atoms with E-state index in [0.29, 0.717) is 175 Å². The van der Waals surface area contributed by atoms with Gasteiger partial charge in [0.15, 0.2) is 0 Å². The number of carbonyl (C=O) groups is 7. The molecule has 1 fully saturated rings. The number of benzene rings is 2. The molecule has 6 N–H and O–H groups in total. The summed E-state index contributed by atoms with van der Waals surface area (Å²) in [7, 11) is 1.63. The third kappa shape index (κ3) is 55.2. The largest absolute Gasteiger partial charge is 0.396 e. The maximum Gasteiger partial charge on any atom is 0.233 e. The van der Waals surface area contributed by atoms with Gasteiger partial charge < -0.3 is 89.5 Å². The number of hydrogen-bond donors (Lipinski definition) is 6. The molecule has 2 aromatic heterocycles. The van der Waals surface area contributed by atoms with Gasteiger partial charge in [-0.15, -0.1) is 16.9 Å². The van der Waals surface area contributed by atoms with Gasteiger partial charge in [0.1, 0.15) is 35.4 Å². The lowest BCUT2D eigenvalue weighted by molar-refractivity contribution is -0.122. The number of methoxy groups -OCH3 is 1. The fourth-order valence-corrected chi connectivity index (χ4v) is 14.0. The molecule has 2 aromatic carbocycles. The second-order valence-corrected chi connectivity index (χ2v) is 31.1. The fourth-order valence-electron chi connectivity index (χ4n) is 12.6. The first-order valence-electron chi connectivity index (χ1n) is 44.1. The number of thioether (sulfide) groups is 1. The zero-order valence-electron chi connectivity index (χ0n) is 73.9. The zero-order valence-corrected chi connectivity index (χ0v) is 74.7. The van der Waals surface area contributed by atoms with Crippen LogP contribution in [-0.2, 0) is 104 Å². The Kier molecular flexibility index (Phi) is 67.5. The number of hydrogen-bond acceptors (Lipinski definition) is 24. The number of Topliss-reactive ketones (excluding diaryl/α,β-unsaturated/α-hetero) is 4. The van der Waals surface area contributed by atoms with Gasteiger partial charge in [0, 0.05) is 101 Å². The first-order chi connectivity index (χ1) is 58.5. The van der Waals surface area contributed by atoms with Gasteiger partial charge in [-0.2, -0.15) is 5.10 Å². The first kappa shape index (κ1) is 108. The Labute approximate surface area is 721 Å². The minimum absolute atomic E-state index is 0.0110. The third-order valence-corrected chi connectivity index (χ3v) is 20.7. The molecule has 2 atom stereocenters. The molecule has 0 aliphatic carbocycles. The van der Waals surface area contributed by atoms with Crippen LogP contribution in [0.4, 0.5) is 5.69 Å². The van der Waals surface area contributed by atoms with Crippen LogP contribution in [0.3, 0.4) is 0 Å². The Hall–Kier alpha value is -7.90. The van der Waals surface area contributed by atoms with Crippen molar-refractivity contribution in [1.82, 2.24) is 35.4 Å². The van der Waals surface area contributed by atoms with Crippen molar-refractivity contribution in [2.24, 2.45) is 11.1 Å². The van der Waals surface area contributed by atoms with Gasteiger partial charge in [-0.1, -0.05) is 92.4 Å². The summed E-state index contributed by atoms with van der Waals surface area (Å²) >= 11 is 1.80. The van der Waals surface area contributed by atoms with Crippen molar-refractivity contribution >= 4 is 89.4 Å². The normalized spacial score (nSPS) is 13.0. The Morgan fingerprint density at radius 1 is 0.525 bits per heavy atom. The van der Waals surface area contributed by atoms with Gasteiger partial charge in [0.2, 0.25) is 17.7 Å². The van der Waals surface area contributed by atoms with Gasteiger partial charge >= 0.3 is 0 Å². The summed E-state index contributed by atoms with van der Waals surface area (Å²) in [6, 6.07) is 18.1. The lowest BCUT2D eigenvalue weighted by atomic mass is 9.95. The minimum Gasteiger partial charge on any atom is -0.396 e. The van der Waals surface area contributed by atoms with Gasteiger partial charge in [-0.3, -0.25) is 23.9 Å². The van der Waals surface area contributed by atoms with Crippen LogP contribution in [0.5, 0.6) is 0 Å². The predicted octanol–water partition coefficient (Wildman–Crippen LogP) is 16.2. The van der Waals surface area contributed by atoms with Crippen LogP contribution in [0.2, 0.25) is 0 Å². The van der Waals surface area contributed by atoms with E-state index in [0.717, 1.165) is 195 Å². The Bertz CT molecular complexity index is 3450. The molecule has 2 aliphatic heterocycles. The van der Waals surface area contributed by atoms with Gasteiger partial charge in [-0.05, 0) is 223 Å². The summed E-state index contributed by atoms with van der Waals surface area (Å²) in [5.74, 6) is 2.92. The van der Waals surface area contributed by atoms with Crippen LogP contribution in [0.1, 0.15) is 258 Å². The van der Waals surface area contributed by atoms with E-state index in [4.69, 9.17) is 64.7 Å². The summed E-state index contributed by atoms with van der Waals surface area (Å²) in [6.45, 7) is 21.0. The molecular formula is C91H149N13O15S. The SMILES string of the molecule is CC(=O)CCCCCC1CSC(C(=O)NCCCCCC=N)C1.CC(=O)CCCCO/N=C/CCCCC=N.CCCOCCC(C)=O.CCc1cc(CCCCC=N)nn1CCCCCC(C)=O.COCCOCCOCCNC(=O)CCCCC(=O)N1Cc2ccccc2-c2c(nnn2CCOCCOCCOCCC=N)-c2ccccc21. The number of unbranched alkanes of at least 4 members (excludes halogenated alkanes) is 14. The number of nitrogens with one attached hydrogen (secondary N) is 6. The molecule has 28 nitrogen and oxygen atoms in total. The van der Waals surface area contributed by atoms with Crippen LogP contribution in [0.15, 0.2) is 59.8 Å². The van der Waals surface area contributed by atoms with E-state index < -0.39 is 0 Å². The molecule has 0 spiro atoms. The van der Waals surface area contributed by atoms with Crippen LogP contribution in [0, 0.1) is 27.6 Å². The van der Waals surface area contributed by atoms with E-state index in [-0.39, 0.29) is 46.1 Å². The molecule has 2 aliphatic rings. The maximum absolute atomic E-state index is 13.8. The zero-order chi connectivity index (χ0) is 87.5. The number of aryl methyl sites for hydroxylation is 3. The summed E-state index contributed by atoms with van der Waals surface area (Å²) < 4.78 is 41.6. The summed E-state index contributed by atoms with van der Waals surface area (Å²) in [5, 5.41) is 51.6. The Morgan fingerprint density at radius 2 is 1.09 bits per heavy atom. The van der Waals surface area contributed by atoms with Crippen LogP contribution in [-0.4, -0.2) is 220 Å². The first-order valence-corrected chi connectivity index (χ1v) is 45.2. The molecule has 120 heavy (non-hydrogen) atoms. The number of carbonyl (C=O) groups excluding carboxylic acids is 7. The Balaban J connectivity index is 0.000000584. The molecule has 0 bridgehead atoms. The van der Waals surface area contributed by atoms with Crippen molar-refractivity contribution in [2.45, 2.75) is 278 Å². The number of oxime groups is 1. The van der Waals surface area contributed by atoms with Gasteiger partial charge in [-0.25, -0.2) is 4.68 Å². The third-order valence-electron chi connectivity index (χ3n) is 19.2. The van der Waals surface area contributed by atoms with Gasteiger partial charge in [0.05, 0.1) is 115 Å². The second kappa shape index (κ2) is 74.9. The standard InChI is InChI=1S/C37H52N6O8.C18H32N2O2S.C17H29N3O.C12H22N2O2.C7H14O2/c1-46-21-22-50-27-24-48-19-16-39-34(44)13-6-7-14-35(45)42-29-30-9-2-3-10-31(30)37-36(32-11-4-5-12-33(32)42)40-41-43(37)17-20-49-25-28-51-26-23-47-18-8-15-38;1-15(21)9-5-4-6-10-16-13-17(23-14-16)18(22)20-12-8-3-2-7-11-19;1-3-17-14-16(11-7-4-8-12-18)19-20(17)13-9-5-6-10-15(2)21;1-12(15)8-4-7-11-16-14-10-6-3-2-5-9-13;1-3-5-9-6-4-7(2)8/h2-5,9-12,15,38H,6-8,13-14,16-29H2,1H3,(H,39,44);11,16-17,19H,2-10,12-14H2,1H3,(H,20,22);12,14,18H,3-11,13H2,1-2H3;9-10,13H,2-8,11H2,1H3;3-6H2,1-2H3/b;;;13-9?,14-10+;. The van der Waals surface area contributed by atoms with E-state index in [1.807, 2.05) is 65.0 Å². The highest BCUT2D eigenvalue weighted by Gasteiger charge is 2.31. The number of amides is 3. The summed E-state index contributed by atoms with van der Waals surface area (Å²) in [6.07, 6.45) is 36.9. The smallest absolute Gasteiger partial charge is 0.233 e. The van der Waals surface area contributed by atoms with E-state index >= 15 is 0 Å². The fraction of sp³-hybridized carbons (Fsp3) is 0.681. The molecule has 6 rings (SSSR count). The molecule has 29 heteroatoms. The number of aromatic nitrogens is 5. The number of nitrogens with zero attached hydrogens (tertiary/aromatic N) is 7. The number of ether oxygens (including phenoxy) is 7. The van der Waals surface area contributed by atoms with Gasteiger partial charge in [0.25, 0.3) is 0 Å². The van der Waals surface area contributed by atoms with Crippen LogP contribution >= 0.6 is 11.8 Å². The number of ketones is 4. The lowest BCUT2D eigenvalue weighted by Crippen LogP contribution is -2.32. The van der Waals surface area contributed by atoms with Crippen molar-refractivity contribution < 1.29 is 71.6 Å². The van der Waals surface area contributed by atoms with Crippen LogP contribution < -0.4 is 15.5 Å². The maximum atomic E-state index is 13.8. The highest BCUT2D eigenvalue weighted by Crippen LogP contribution is 2.41. The number of para-hydroxylation sites is 1. The number of fused-ring (bicyclic) bond motifs is 5.